The first-order valence-corrected chi connectivity index (χ1v) is 6.98. The van der Waals surface area contributed by atoms with Gasteiger partial charge in [0, 0.05) is 0 Å². The molecule has 0 rings (SSSR count). The summed E-state index contributed by atoms with van der Waals surface area (Å²) in [4.78, 5) is 18.9. The monoisotopic (exact) mass is 252 g/mol. The Bertz CT molecular complexity index is 187. The summed E-state index contributed by atoms with van der Waals surface area (Å²) in [6, 6.07) is 0. The van der Waals surface area contributed by atoms with Crippen molar-refractivity contribution in [3.8, 4) is 0 Å². The van der Waals surface area contributed by atoms with Gasteiger partial charge in [0.15, 0.2) is 0 Å². The fraction of sp³-hybridized carbons (Fsp3) is 0.846. The first-order valence-electron chi connectivity index (χ1n) is 6.98. The van der Waals surface area contributed by atoms with E-state index in [1.807, 2.05) is 0 Å². The second-order valence-electron chi connectivity index (χ2n) is 4.44. The van der Waals surface area contributed by atoms with Gasteiger partial charge in [-0.3, -0.25) is 9.59 Å². The Kier molecular flexibility index (Phi) is 18.3. The summed E-state index contributed by atoms with van der Waals surface area (Å²) < 4.78 is 0. The van der Waals surface area contributed by atoms with Crippen molar-refractivity contribution in [3.05, 3.63) is 0 Å². The summed E-state index contributed by atoms with van der Waals surface area (Å²) >= 11 is 2.27. The molecular weight excluding hydrogens is 227 g/mol. The number of aliphatic carboxylic acids is 2. The number of carboxylic acid groups (broad SMARTS) is 2. The topological polar surface area (TPSA) is 74.6 Å². The van der Waals surface area contributed by atoms with Gasteiger partial charge in [0.1, 0.15) is 6.42 Å². The van der Waals surface area contributed by atoms with Crippen molar-refractivity contribution >= 4 is 29.7 Å². The minimum absolute atomic E-state index is 0.806. The number of carbonyl (C=O) groups is 2. The van der Waals surface area contributed by atoms with E-state index in [0.29, 0.717) is 0 Å². The van der Waals surface area contributed by atoms with Crippen LogP contribution in [0.15, 0.2) is 0 Å². The van der Waals surface area contributed by atoms with E-state index in [4.69, 9.17) is 10.2 Å². The molecule has 18 heavy (non-hydrogen) atoms. The molecule has 0 heterocycles. The molecule has 0 atom stereocenters. The summed E-state index contributed by atoms with van der Waals surface area (Å²) in [7, 11) is 0. The molecule has 0 aliphatic heterocycles. The number of carboxylic acids is 2. The van der Waals surface area contributed by atoms with Gasteiger partial charge in [-0.25, -0.2) is 0 Å². The molecule has 0 fully saturated rings. The standard InChI is InChI=1S/C10H21.C3H4O4.Li/c1-3-5-7-9-10-8-6-4-2;4-2(5)1-3(6)7;/h1,3-10H2,2H3;1H2,(H,4,5)(H,6,7);. The third-order valence-electron chi connectivity index (χ3n) is 2.51. The Morgan fingerprint density at radius 3 is 1.50 bits per heavy atom. The first-order chi connectivity index (χ1) is 8.54. The molecular formula is C13H25LiO4. The molecule has 0 spiro atoms. The van der Waals surface area contributed by atoms with Crippen molar-refractivity contribution in [2.45, 2.75) is 69.8 Å². The number of unbranched alkanes of at least 4 members (excludes halogenated alkanes) is 7. The Morgan fingerprint density at radius 1 is 0.833 bits per heavy atom. The van der Waals surface area contributed by atoms with Crippen LogP contribution in [0.3, 0.4) is 0 Å². The van der Waals surface area contributed by atoms with Gasteiger partial charge in [-0.05, 0) is 0 Å². The summed E-state index contributed by atoms with van der Waals surface area (Å²) in [6.45, 7) is 2.27. The molecule has 0 aromatic rings. The maximum atomic E-state index is 9.43. The van der Waals surface area contributed by atoms with Gasteiger partial charge in [-0.15, -0.1) is 0 Å². The second-order valence-corrected chi connectivity index (χ2v) is 4.44. The van der Waals surface area contributed by atoms with Crippen LogP contribution in [-0.4, -0.2) is 39.9 Å². The van der Waals surface area contributed by atoms with Crippen LogP contribution in [0.25, 0.3) is 0 Å². The van der Waals surface area contributed by atoms with Crippen molar-refractivity contribution in [1.29, 1.82) is 0 Å². The third kappa shape index (κ3) is 24.7. The first kappa shape index (κ1) is 19.9. The van der Waals surface area contributed by atoms with Crippen LogP contribution in [0.4, 0.5) is 0 Å². The molecule has 0 unspecified atom stereocenters. The molecule has 0 saturated carbocycles. The molecule has 2 N–H and O–H groups in total. The average Bonchev–Trinajstić information content (AvgIpc) is 2.27. The van der Waals surface area contributed by atoms with Crippen LogP contribution >= 0.6 is 0 Å². The van der Waals surface area contributed by atoms with Crippen LogP contribution in [0.1, 0.15) is 64.7 Å². The molecule has 0 bridgehead atoms. The average molecular weight is 252 g/mol. The molecule has 0 amide bonds. The van der Waals surface area contributed by atoms with Gasteiger partial charge in [-0.2, -0.15) is 0 Å². The fourth-order valence-corrected chi connectivity index (χ4v) is 1.51. The Labute approximate surface area is 119 Å². The van der Waals surface area contributed by atoms with E-state index < -0.39 is 18.4 Å². The van der Waals surface area contributed by atoms with Gasteiger partial charge in [0.25, 0.3) is 0 Å². The summed E-state index contributed by atoms with van der Waals surface area (Å²) in [5.74, 6) is -2.62. The van der Waals surface area contributed by atoms with Gasteiger partial charge in [0.05, 0.1) is 0 Å². The minimum atomic E-state index is -1.31. The van der Waals surface area contributed by atoms with Crippen molar-refractivity contribution < 1.29 is 19.8 Å². The van der Waals surface area contributed by atoms with E-state index in [1.54, 1.807) is 0 Å². The Balaban J connectivity index is 0. The number of hydrogen-bond acceptors (Lipinski definition) is 2. The summed E-state index contributed by atoms with van der Waals surface area (Å²) in [6.07, 6.45) is 10.8. The molecule has 5 heteroatoms. The van der Waals surface area contributed by atoms with Gasteiger partial charge >= 0.3 is 93.0 Å². The van der Waals surface area contributed by atoms with E-state index in [1.165, 1.54) is 56.5 Å². The van der Waals surface area contributed by atoms with Crippen molar-refractivity contribution in [1.82, 2.24) is 0 Å². The van der Waals surface area contributed by atoms with Crippen molar-refractivity contribution in [2.24, 2.45) is 0 Å². The van der Waals surface area contributed by atoms with E-state index >= 15 is 0 Å². The molecule has 102 valence electrons. The fourth-order valence-electron chi connectivity index (χ4n) is 1.51. The molecule has 0 saturated heterocycles. The molecule has 0 aromatic carbocycles. The normalized spacial score (nSPS) is 9.50. The Hall–Kier alpha value is -0.463. The van der Waals surface area contributed by atoms with E-state index in [0.717, 1.165) is 0 Å². The zero-order valence-corrected chi connectivity index (χ0v) is 11.8. The predicted molar refractivity (Wildman–Crippen MR) is 73.1 cm³/mol. The van der Waals surface area contributed by atoms with Crippen LogP contribution in [-0.2, 0) is 9.59 Å². The maximum absolute atomic E-state index is 9.43. The molecule has 0 radical (unpaired) electrons. The molecule has 4 nitrogen and oxygen atoms in total. The molecule has 0 aromatic heterocycles. The van der Waals surface area contributed by atoms with Gasteiger partial charge in [-0.1, -0.05) is 0 Å². The molecule has 0 aliphatic carbocycles. The zero-order chi connectivity index (χ0) is 14.2. The van der Waals surface area contributed by atoms with Gasteiger partial charge < -0.3 is 10.2 Å². The number of hydrogen-bond donors (Lipinski definition) is 2. The molecule has 0 aliphatic rings. The van der Waals surface area contributed by atoms with Crippen LogP contribution < -0.4 is 0 Å². The van der Waals surface area contributed by atoms with Gasteiger partial charge in [0.2, 0.25) is 0 Å². The van der Waals surface area contributed by atoms with Crippen molar-refractivity contribution in [2.75, 3.05) is 0 Å². The van der Waals surface area contributed by atoms with Crippen LogP contribution in [0, 0.1) is 0 Å². The third-order valence-corrected chi connectivity index (χ3v) is 2.51. The van der Waals surface area contributed by atoms with E-state index in [2.05, 4.69) is 24.6 Å². The number of rotatable bonds is 10. The van der Waals surface area contributed by atoms with E-state index in [9.17, 15) is 9.59 Å². The summed E-state index contributed by atoms with van der Waals surface area (Å²) in [5, 5.41) is 16.8. The van der Waals surface area contributed by atoms with Crippen molar-refractivity contribution in [3.63, 3.8) is 0 Å². The second kappa shape index (κ2) is 16.5. The van der Waals surface area contributed by atoms with E-state index in [-0.39, 0.29) is 0 Å². The Morgan fingerprint density at radius 2 is 1.22 bits per heavy atom. The van der Waals surface area contributed by atoms with Crippen LogP contribution in [0.5, 0.6) is 0 Å². The zero-order valence-electron chi connectivity index (χ0n) is 11.8. The summed E-state index contributed by atoms with van der Waals surface area (Å²) in [5.41, 5.74) is 0. The van der Waals surface area contributed by atoms with Crippen LogP contribution in [0.2, 0.25) is 5.09 Å². The quantitative estimate of drug-likeness (QED) is 0.355. The predicted octanol–water partition coefficient (Wildman–Crippen LogP) is 3.26. The SMILES string of the molecule is O=C(O)CC(=O)O.[Li][CH2]CCCCCCCCC.